The number of carbonyl (C=O) groups is 1. The fourth-order valence-electron chi connectivity index (χ4n) is 2.27. The standard InChI is InChI=1S/C14H20N2O2/c1-10-11(5-4-6-12(10)15)13(17)16-7-8-18-9-14(16,2)3/h4-6H,7-9,15H2,1-3H3. The van der Waals surface area contributed by atoms with E-state index in [9.17, 15) is 4.79 Å². The Morgan fingerprint density at radius 2 is 2.17 bits per heavy atom. The van der Waals surface area contributed by atoms with E-state index in [4.69, 9.17) is 10.5 Å². The van der Waals surface area contributed by atoms with Gasteiger partial charge in [-0.15, -0.1) is 0 Å². The van der Waals surface area contributed by atoms with Crippen LogP contribution in [0.2, 0.25) is 0 Å². The summed E-state index contributed by atoms with van der Waals surface area (Å²) in [6.45, 7) is 7.71. The van der Waals surface area contributed by atoms with Gasteiger partial charge in [-0.05, 0) is 38.5 Å². The lowest BCUT2D eigenvalue weighted by Gasteiger charge is -2.42. The number of rotatable bonds is 1. The fraction of sp³-hybridized carbons (Fsp3) is 0.500. The molecule has 2 N–H and O–H groups in total. The van der Waals surface area contributed by atoms with Gasteiger partial charge in [0, 0.05) is 17.8 Å². The van der Waals surface area contributed by atoms with Crippen LogP contribution < -0.4 is 5.73 Å². The van der Waals surface area contributed by atoms with Gasteiger partial charge in [0.05, 0.1) is 18.8 Å². The second kappa shape index (κ2) is 4.61. The Hall–Kier alpha value is -1.55. The molecule has 1 fully saturated rings. The van der Waals surface area contributed by atoms with Gasteiger partial charge >= 0.3 is 0 Å². The minimum atomic E-state index is -0.271. The summed E-state index contributed by atoms with van der Waals surface area (Å²) >= 11 is 0. The van der Waals surface area contributed by atoms with E-state index >= 15 is 0 Å². The van der Waals surface area contributed by atoms with Crippen molar-refractivity contribution in [3.8, 4) is 0 Å². The summed E-state index contributed by atoms with van der Waals surface area (Å²) in [5, 5.41) is 0. The Morgan fingerprint density at radius 1 is 1.44 bits per heavy atom. The normalized spacial score (nSPS) is 18.7. The second-order valence-electron chi connectivity index (χ2n) is 5.34. The first-order valence-electron chi connectivity index (χ1n) is 6.18. The molecule has 1 amide bonds. The van der Waals surface area contributed by atoms with Crippen LogP contribution in [0.1, 0.15) is 29.8 Å². The minimum Gasteiger partial charge on any atom is -0.398 e. The number of ether oxygens (including phenoxy) is 1. The number of morpholine rings is 1. The first-order chi connectivity index (χ1) is 8.43. The van der Waals surface area contributed by atoms with E-state index in [-0.39, 0.29) is 11.4 Å². The van der Waals surface area contributed by atoms with Gasteiger partial charge in [-0.2, -0.15) is 0 Å². The molecule has 0 atom stereocenters. The van der Waals surface area contributed by atoms with Crippen LogP contribution in [0, 0.1) is 6.92 Å². The first kappa shape index (κ1) is 12.9. The Balaban J connectivity index is 2.33. The maximum Gasteiger partial charge on any atom is 0.254 e. The lowest BCUT2D eigenvalue weighted by Crippen LogP contribution is -2.55. The van der Waals surface area contributed by atoms with Crippen molar-refractivity contribution < 1.29 is 9.53 Å². The molecule has 0 aromatic heterocycles. The lowest BCUT2D eigenvalue weighted by molar-refractivity contribution is -0.0370. The predicted molar refractivity (Wildman–Crippen MR) is 71.5 cm³/mol. The van der Waals surface area contributed by atoms with E-state index in [1.807, 2.05) is 43.9 Å². The van der Waals surface area contributed by atoms with Gasteiger partial charge < -0.3 is 15.4 Å². The molecule has 0 radical (unpaired) electrons. The maximum absolute atomic E-state index is 12.6. The topological polar surface area (TPSA) is 55.6 Å². The molecule has 2 rings (SSSR count). The molecule has 1 heterocycles. The van der Waals surface area contributed by atoms with Crippen LogP contribution in [-0.2, 0) is 4.74 Å². The molecule has 0 aliphatic carbocycles. The van der Waals surface area contributed by atoms with Crippen LogP contribution in [0.25, 0.3) is 0 Å². The van der Waals surface area contributed by atoms with Crippen molar-refractivity contribution in [2.75, 3.05) is 25.5 Å². The summed E-state index contributed by atoms with van der Waals surface area (Å²) in [6, 6.07) is 5.47. The SMILES string of the molecule is Cc1c(N)cccc1C(=O)N1CCOCC1(C)C. The molecular weight excluding hydrogens is 228 g/mol. The molecule has 4 nitrogen and oxygen atoms in total. The quantitative estimate of drug-likeness (QED) is 0.771. The Labute approximate surface area is 108 Å². The number of benzene rings is 1. The summed E-state index contributed by atoms with van der Waals surface area (Å²) < 4.78 is 5.44. The van der Waals surface area contributed by atoms with Crippen LogP contribution in [0.3, 0.4) is 0 Å². The Bertz CT molecular complexity index is 469. The average molecular weight is 248 g/mol. The third kappa shape index (κ3) is 2.20. The average Bonchev–Trinajstić information content (AvgIpc) is 2.31. The van der Waals surface area contributed by atoms with Gasteiger partial charge in [-0.3, -0.25) is 4.79 Å². The zero-order chi connectivity index (χ0) is 13.3. The van der Waals surface area contributed by atoms with Gasteiger partial charge in [0.2, 0.25) is 0 Å². The van der Waals surface area contributed by atoms with Crippen LogP contribution in [0.5, 0.6) is 0 Å². The van der Waals surface area contributed by atoms with Crippen molar-refractivity contribution in [1.82, 2.24) is 4.90 Å². The van der Waals surface area contributed by atoms with Gasteiger partial charge in [-0.1, -0.05) is 6.07 Å². The highest BCUT2D eigenvalue weighted by atomic mass is 16.5. The van der Waals surface area contributed by atoms with Crippen molar-refractivity contribution in [2.45, 2.75) is 26.3 Å². The molecule has 0 spiro atoms. The molecule has 4 heteroatoms. The highest BCUT2D eigenvalue weighted by molar-refractivity contribution is 5.97. The number of hydrogen-bond acceptors (Lipinski definition) is 3. The van der Waals surface area contributed by atoms with Crippen LogP contribution >= 0.6 is 0 Å². The largest absolute Gasteiger partial charge is 0.398 e. The van der Waals surface area contributed by atoms with Crippen molar-refractivity contribution in [3.05, 3.63) is 29.3 Å². The lowest BCUT2D eigenvalue weighted by atomic mass is 9.99. The maximum atomic E-state index is 12.6. The van der Waals surface area contributed by atoms with Crippen molar-refractivity contribution >= 4 is 11.6 Å². The van der Waals surface area contributed by atoms with Crippen LogP contribution in [-0.4, -0.2) is 36.1 Å². The molecule has 0 bridgehead atoms. The number of carbonyl (C=O) groups excluding carboxylic acids is 1. The number of hydrogen-bond donors (Lipinski definition) is 1. The molecule has 1 aromatic rings. The molecule has 18 heavy (non-hydrogen) atoms. The molecule has 1 aliphatic heterocycles. The number of nitrogens with two attached hydrogens (primary N) is 1. The molecule has 1 aliphatic rings. The zero-order valence-corrected chi connectivity index (χ0v) is 11.2. The Morgan fingerprint density at radius 3 is 2.83 bits per heavy atom. The van der Waals surface area contributed by atoms with E-state index in [0.29, 0.717) is 31.0 Å². The molecule has 0 unspecified atom stereocenters. The van der Waals surface area contributed by atoms with Crippen LogP contribution in [0.4, 0.5) is 5.69 Å². The van der Waals surface area contributed by atoms with Crippen molar-refractivity contribution in [2.24, 2.45) is 0 Å². The van der Waals surface area contributed by atoms with E-state index in [2.05, 4.69) is 0 Å². The summed E-state index contributed by atoms with van der Waals surface area (Å²) in [7, 11) is 0. The monoisotopic (exact) mass is 248 g/mol. The second-order valence-corrected chi connectivity index (χ2v) is 5.34. The summed E-state index contributed by atoms with van der Waals surface area (Å²) in [5.41, 5.74) is 7.78. The third-order valence-electron chi connectivity index (χ3n) is 3.50. The molecule has 0 saturated carbocycles. The predicted octanol–water partition coefficient (Wildman–Crippen LogP) is 1.83. The zero-order valence-electron chi connectivity index (χ0n) is 11.2. The fourth-order valence-corrected chi connectivity index (χ4v) is 2.27. The number of anilines is 1. The Kier molecular flexibility index (Phi) is 3.30. The summed E-state index contributed by atoms with van der Waals surface area (Å²) in [5.74, 6) is 0.0353. The number of nitrogens with zero attached hydrogens (tertiary/aromatic N) is 1. The van der Waals surface area contributed by atoms with E-state index < -0.39 is 0 Å². The molecular formula is C14H20N2O2. The van der Waals surface area contributed by atoms with E-state index in [1.54, 1.807) is 0 Å². The van der Waals surface area contributed by atoms with Gasteiger partial charge in [0.1, 0.15) is 0 Å². The van der Waals surface area contributed by atoms with Gasteiger partial charge in [0.25, 0.3) is 5.91 Å². The summed E-state index contributed by atoms with van der Waals surface area (Å²) in [6.07, 6.45) is 0. The van der Waals surface area contributed by atoms with Gasteiger partial charge in [0.15, 0.2) is 0 Å². The number of amides is 1. The number of nitrogen functional groups attached to an aromatic ring is 1. The van der Waals surface area contributed by atoms with Gasteiger partial charge in [-0.25, -0.2) is 0 Å². The highest BCUT2D eigenvalue weighted by Gasteiger charge is 2.35. The van der Waals surface area contributed by atoms with Crippen molar-refractivity contribution in [1.29, 1.82) is 0 Å². The molecule has 1 aromatic carbocycles. The first-order valence-corrected chi connectivity index (χ1v) is 6.18. The van der Waals surface area contributed by atoms with E-state index in [0.717, 1.165) is 5.56 Å². The summed E-state index contributed by atoms with van der Waals surface area (Å²) in [4.78, 5) is 14.5. The third-order valence-corrected chi connectivity index (χ3v) is 3.50. The minimum absolute atomic E-state index is 0.0353. The van der Waals surface area contributed by atoms with Crippen LogP contribution in [0.15, 0.2) is 18.2 Å². The highest BCUT2D eigenvalue weighted by Crippen LogP contribution is 2.24. The molecule has 1 saturated heterocycles. The van der Waals surface area contributed by atoms with E-state index in [1.165, 1.54) is 0 Å². The van der Waals surface area contributed by atoms with Crippen molar-refractivity contribution in [3.63, 3.8) is 0 Å². The smallest absolute Gasteiger partial charge is 0.254 e. The molecule has 98 valence electrons.